The van der Waals surface area contributed by atoms with Crippen molar-refractivity contribution < 1.29 is 19.5 Å². The Hall–Kier alpha value is -3.04. The number of hydrogen-bond acceptors (Lipinski definition) is 5. The van der Waals surface area contributed by atoms with E-state index in [1.165, 1.54) is 16.7 Å². The van der Waals surface area contributed by atoms with Crippen LogP contribution in [0.4, 0.5) is 4.79 Å². The van der Waals surface area contributed by atoms with Gasteiger partial charge in [-0.1, -0.05) is 74.4 Å². The molecular formula is C30H42N4O4S. The van der Waals surface area contributed by atoms with E-state index in [0.29, 0.717) is 13.1 Å². The topological polar surface area (TPSA) is 111 Å². The summed E-state index contributed by atoms with van der Waals surface area (Å²) in [7, 11) is 0. The molecule has 3 unspecified atom stereocenters. The third-order valence-electron chi connectivity index (χ3n) is 7.11. The lowest BCUT2D eigenvalue weighted by Gasteiger charge is -2.33. The molecule has 2 aromatic carbocycles. The van der Waals surface area contributed by atoms with Crippen LogP contribution in [0.25, 0.3) is 0 Å². The van der Waals surface area contributed by atoms with Crippen molar-refractivity contribution in [2.24, 2.45) is 0 Å². The molecule has 0 spiro atoms. The van der Waals surface area contributed by atoms with Gasteiger partial charge < -0.3 is 26.0 Å². The minimum Gasteiger partial charge on any atom is -0.381 e. The van der Waals surface area contributed by atoms with Crippen LogP contribution in [-0.2, 0) is 22.6 Å². The van der Waals surface area contributed by atoms with Crippen molar-refractivity contribution in [3.05, 3.63) is 71.3 Å². The number of carbonyl (C=O) groups is 3. The number of unbranched alkanes of at least 4 members (excludes halogenated alkanes) is 2. The quantitative estimate of drug-likeness (QED) is 0.299. The van der Waals surface area contributed by atoms with Gasteiger partial charge in [-0.3, -0.25) is 9.59 Å². The molecule has 3 atom stereocenters. The Balaban J connectivity index is 1.74. The maximum atomic E-state index is 13.7. The van der Waals surface area contributed by atoms with Gasteiger partial charge in [0.1, 0.15) is 6.04 Å². The molecule has 1 fully saturated rings. The van der Waals surface area contributed by atoms with Gasteiger partial charge in [-0.05, 0) is 50.3 Å². The van der Waals surface area contributed by atoms with Crippen molar-refractivity contribution in [1.82, 2.24) is 20.9 Å². The fraction of sp³-hybridized carbons (Fsp3) is 0.500. The zero-order valence-electron chi connectivity index (χ0n) is 23.4. The first-order chi connectivity index (χ1) is 18.6. The van der Waals surface area contributed by atoms with Crippen LogP contribution in [0.2, 0.25) is 0 Å². The molecule has 0 radical (unpaired) electrons. The lowest BCUT2D eigenvalue weighted by molar-refractivity contribution is -0.147. The Morgan fingerprint density at radius 1 is 1.05 bits per heavy atom. The highest BCUT2D eigenvalue weighted by atomic mass is 32.2. The highest BCUT2D eigenvalue weighted by molar-refractivity contribution is 8.00. The number of rotatable bonds is 12. The van der Waals surface area contributed by atoms with E-state index >= 15 is 0 Å². The predicted octanol–water partition coefficient (Wildman–Crippen LogP) is 3.75. The number of amides is 4. The summed E-state index contributed by atoms with van der Waals surface area (Å²) in [5.41, 5.74) is 2.96. The third-order valence-corrected chi connectivity index (χ3v) is 8.48. The molecule has 0 bridgehead atoms. The van der Waals surface area contributed by atoms with Gasteiger partial charge in [0.25, 0.3) is 5.91 Å². The van der Waals surface area contributed by atoms with Crippen molar-refractivity contribution >= 4 is 29.6 Å². The van der Waals surface area contributed by atoms with Gasteiger partial charge >= 0.3 is 6.03 Å². The van der Waals surface area contributed by atoms with Crippen LogP contribution in [0.15, 0.2) is 54.6 Å². The van der Waals surface area contributed by atoms with Crippen LogP contribution in [0.1, 0.15) is 56.7 Å². The molecule has 0 aromatic heterocycles. The van der Waals surface area contributed by atoms with E-state index in [2.05, 4.69) is 22.9 Å². The molecule has 8 nitrogen and oxygen atoms in total. The van der Waals surface area contributed by atoms with Crippen LogP contribution in [0.5, 0.6) is 0 Å². The minimum atomic E-state index is -1.52. The summed E-state index contributed by atoms with van der Waals surface area (Å²) in [6.45, 7) is 8.80. The maximum Gasteiger partial charge on any atom is 0.315 e. The van der Waals surface area contributed by atoms with E-state index in [1.54, 1.807) is 0 Å². The standard InChI is InChI=1S/C30H42N4O4S/c1-5-6-12-17-31-29(38)33-24(18-22-14-8-7-9-15-22)25(35)28(37)34-20-39-30(3,4)26(34)27(36)32-19-23-16-11-10-13-21(23)2/h7-11,13-16,24-26,35H,5-6,12,17-20H2,1-4H3,(H,32,36)(H2,31,33,38). The number of nitrogens with zero attached hydrogens (tertiary/aromatic N) is 1. The van der Waals surface area contributed by atoms with Gasteiger partial charge in [0.05, 0.1) is 11.9 Å². The van der Waals surface area contributed by atoms with Crippen LogP contribution in [0.3, 0.4) is 0 Å². The Kier molecular flexibility index (Phi) is 11.2. The number of carbonyl (C=O) groups excluding carboxylic acids is 3. The molecule has 9 heteroatoms. The predicted molar refractivity (Wildman–Crippen MR) is 156 cm³/mol. The summed E-state index contributed by atoms with van der Waals surface area (Å²) in [6, 6.07) is 15.2. The molecule has 2 aromatic rings. The first-order valence-electron chi connectivity index (χ1n) is 13.7. The second-order valence-electron chi connectivity index (χ2n) is 10.6. The fourth-order valence-electron chi connectivity index (χ4n) is 4.75. The highest BCUT2D eigenvalue weighted by Crippen LogP contribution is 2.40. The lowest BCUT2D eigenvalue weighted by atomic mass is 9.97. The molecule has 1 aliphatic heterocycles. The summed E-state index contributed by atoms with van der Waals surface area (Å²) in [4.78, 5) is 41.2. The Bertz CT molecular complexity index is 1110. The van der Waals surface area contributed by atoms with Crippen LogP contribution >= 0.6 is 11.8 Å². The molecule has 0 aliphatic carbocycles. The second kappa shape index (κ2) is 14.4. The van der Waals surface area contributed by atoms with Crippen molar-refractivity contribution in [2.45, 2.75) is 82.9 Å². The van der Waals surface area contributed by atoms with Crippen molar-refractivity contribution in [3.8, 4) is 0 Å². The summed E-state index contributed by atoms with van der Waals surface area (Å²) < 4.78 is -0.551. The van der Waals surface area contributed by atoms with Crippen molar-refractivity contribution in [2.75, 3.05) is 12.4 Å². The first-order valence-corrected chi connectivity index (χ1v) is 14.7. The van der Waals surface area contributed by atoms with Crippen LogP contribution in [-0.4, -0.2) is 63.2 Å². The van der Waals surface area contributed by atoms with Gasteiger partial charge in [-0.15, -0.1) is 11.8 Å². The summed E-state index contributed by atoms with van der Waals surface area (Å²) >= 11 is 1.49. The molecule has 212 valence electrons. The highest BCUT2D eigenvalue weighted by Gasteiger charge is 2.49. The normalized spacial score (nSPS) is 17.8. The molecule has 1 saturated heterocycles. The number of aliphatic hydroxyl groups excluding tert-OH is 1. The average Bonchev–Trinajstić information content (AvgIpc) is 3.24. The monoisotopic (exact) mass is 554 g/mol. The first kappa shape index (κ1) is 30.5. The molecule has 4 N–H and O–H groups in total. The molecule has 1 heterocycles. The third kappa shape index (κ3) is 8.47. The smallest absolute Gasteiger partial charge is 0.315 e. The molecule has 0 saturated carbocycles. The summed E-state index contributed by atoms with van der Waals surface area (Å²) in [5, 5.41) is 19.9. The van der Waals surface area contributed by atoms with E-state index in [4.69, 9.17) is 0 Å². The molecular weight excluding hydrogens is 512 g/mol. The SMILES string of the molecule is CCCCCNC(=O)NC(Cc1ccccc1)C(O)C(=O)N1CSC(C)(C)C1C(=O)NCc1ccccc1C. The van der Waals surface area contributed by atoms with Gasteiger partial charge in [0.15, 0.2) is 6.10 Å². The van der Waals surface area contributed by atoms with Crippen molar-refractivity contribution in [3.63, 3.8) is 0 Å². The Labute approximate surface area is 236 Å². The van der Waals surface area contributed by atoms with E-state index in [0.717, 1.165) is 36.0 Å². The number of aryl methyl sites for hydroxylation is 1. The van der Waals surface area contributed by atoms with E-state index in [9.17, 15) is 19.5 Å². The minimum absolute atomic E-state index is 0.268. The Morgan fingerprint density at radius 3 is 2.44 bits per heavy atom. The molecule has 39 heavy (non-hydrogen) atoms. The number of benzene rings is 2. The largest absolute Gasteiger partial charge is 0.381 e. The van der Waals surface area contributed by atoms with Gasteiger partial charge in [0.2, 0.25) is 5.91 Å². The number of aliphatic hydroxyl groups is 1. The second-order valence-corrected chi connectivity index (χ2v) is 12.2. The number of urea groups is 1. The van der Waals surface area contributed by atoms with E-state index in [-0.39, 0.29) is 18.2 Å². The van der Waals surface area contributed by atoms with Gasteiger partial charge in [0, 0.05) is 17.8 Å². The molecule has 1 aliphatic rings. The lowest BCUT2D eigenvalue weighted by Crippen LogP contribution is -2.59. The Morgan fingerprint density at radius 2 is 1.74 bits per heavy atom. The van der Waals surface area contributed by atoms with Crippen molar-refractivity contribution in [1.29, 1.82) is 0 Å². The summed E-state index contributed by atoms with van der Waals surface area (Å²) in [5.74, 6) is -0.571. The zero-order chi connectivity index (χ0) is 28.4. The maximum absolute atomic E-state index is 13.7. The van der Waals surface area contributed by atoms with Crippen LogP contribution < -0.4 is 16.0 Å². The van der Waals surface area contributed by atoms with Gasteiger partial charge in [-0.2, -0.15) is 0 Å². The number of nitrogens with one attached hydrogen (secondary N) is 3. The van der Waals surface area contributed by atoms with E-state index in [1.807, 2.05) is 75.4 Å². The van der Waals surface area contributed by atoms with Crippen LogP contribution in [0, 0.1) is 6.92 Å². The molecule has 4 amide bonds. The summed E-state index contributed by atoms with van der Waals surface area (Å²) in [6.07, 6.45) is 1.65. The molecule has 3 rings (SSSR count). The van der Waals surface area contributed by atoms with Gasteiger partial charge in [-0.25, -0.2) is 4.79 Å². The average molecular weight is 555 g/mol. The van der Waals surface area contributed by atoms with E-state index < -0.39 is 34.9 Å². The number of hydrogen-bond donors (Lipinski definition) is 4. The zero-order valence-corrected chi connectivity index (χ0v) is 24.2. The number of thioether (sulfide) groups is 1. The fourth-order valence-corrected chi connectivity index (χ4v) is 5.89.